The van der Waals surface area contributed by atoms with Crippen LogP contribution in [0.2, 0.25) is 0 Å². The zero-order chi connectivity index (χ0) is 19.6. The average molecular weight is 381 g/mol. The molecule has 0 atom stereocenters. The largest absolute Gasteiger partial charge is 0.416 e. The van der Waals surface area contributed by atoms with Crippen molar-refractivity contribution in [3.05, 3.63) is 78.5 Å². The summed E-state index contributed by atoms with van der Waals surface area (Å²) in [7, 11) is 0. The number of alkyl halides is 3. The number of nitrogens with one attached hydrogen (secondary N) is 1. The van der Waals surface area contributed by atoms with E-state index in [1.807, 2.05) is 18.2 Å². The second kappa shape index (κ2) is 7.22. The van der Waals surface area contributed by atoms with Crippen LogP contribution in [0.4, 0.5) is 19.0 Å². The lowest BCUT2D eigenvalue weighted by molar-refractivity contribution is -0.137. The minimum Gasteiger partial charge on any atom is -0.364 e. The molecule has 0 radical (unpaired) electrons. The molecule has 0 fully saturated rings. The molecule has 140 valence electrons. The molecular weight excluding hydrogens is 367 g/mol. The summed E-state index contributed by atoms with van der Waals surface area (Å²) in [5, 5.41) is 3.96. The maximum Gasteiger partial charge on any atom is 0.416 e. The molecule has 4 aromatic rings. The summed E-state index contributed by atoms with van der Waals surface area (Å²) in [5.41, 5.74) is 1.36. The highest BCUT2D eigenvalue weighted by atomic mass is 19.4. The maximum absolute atomic E-state index is 13.1. The highest BCUT2D eigenvalue weighted by Crippen LogP contribution is 2.33. The van der Waals surface area contributed by atoms with Gasteiger partial charge in [0.1, 0.15) is 12.1 Å². The van der Waals surface area contributed by atoms with E-state index in [0.717, 1.165) is 29.4 Å². The molecule has 0 unspecified atom stereocenters. The Labute approximate surface area is 158 Å². The zero-order valence-electron chi connectivity index (χ0n) is 14.5. The quantitative estimate of drug-likeness (QED) is 0.554. The van der Waals surface area contributed by atoms with Crippen LogP contribution in [0.25, 0.3) is 22.2 Å². The van der Waals surface area contributed by atoms with Gasteiger partial charge in [-0.25, -0.2) is 9.97 Å². The summed E-state index contributed by atoms with van der Waals surface area (Å²) in [4.78, 5) is 16.7. The molecule has 0 aliphatic rings. The van der Waals surface area contributed by atoms with E-state index in [1.165, 1.54) is 6.33 Å². The second-order valence-electron chi connectivity index (χ2n) is 6.06. The molecule has 0 spiro atoms. The van der Waals surface area contributed by atoms with Crippen LogP contribution in [0.3, 0.4) is 0 Å². The van der Waals surface area contributed by atoms with Gasteiger partial charge in [-0.3, -0.25) is 9.97 Å². The number of halogens is 3. The van der Waals surface area contributed by atoms with Crippen molar-refractivity contribution in [2.45, 2.75) is 12.7 Å². The molecule has 4 rings (SSSR count). The smallest absolute Gasteiger partial charge is 0.364 e. The first-order chi connectivity index (χ1) is 13.5. The van der Waals surface area contributed by atoms with Crippen LogP contribution in [0.5, 0.6) is 0 Å². The Hall–Kier alpha value is -3.55. The van der Waals surface area contributed by atoms with Gasteiger partial charge in [-0.05, 0) is 24.3 Å². The van der Waals surface area contributed by atoms with Crippen molar-refractivity contribution < 1.29 is 13.2 Å². The van der Waals surface area contributed by atoms with Crippen LogP contribution in [0, 0.1) is 0 Å². The SMILES string of the molecule is FC(F)(F)c1ccnc(-c2cccc3ccc(CNc4ccncn4)nc23)c1. The van der Waals surface area contributed by atoms with Crippen LogP contribution in [-0.2, 0) is 12.7 Å². The molecule has 0 saturated carbocycles. The number of para-hydroxylation sites is 1. The highest BCUT2D eigenvalue weighted by molar-refractivity contribution is 5.92. The van der Waals surface area contributed by atoms with Crippen LogP contribution in [0.15, 0.2) is 67.3 Å². The summed E-state index contributed by atoms with van der Waals surface area (Å²) >= 11 is 0. The molecule has 0 saturated heterocycles. The molecule has 28 heavy (non-hydrogen) atoms. The number of nitrogens with zero attached hydrogens (tertiary/aromatic N) is 4. The summed E-state index contributed by atoms with van der Waals surface area (Å²) in [6.07, 6.45) is -0.200. The number of hydrogen-bond donors (Lipinski definition) is 1. The Morgan fingerprint density at radius 2 is 1.82 bits per heavy atom. The molecule has 3 heterocycles. The fourth-order valence-electron chi connectivity index (χ4n) is 2.82. The number of hydrogen-bond acceptors (Lipinski definition) is 5. The molecule has 0 aliphatic carbocycles. The van der Waals surface area contributed by atoms with Gasteiger partial charge < -0.3 is 5.32 Å². The van der Waals surface area contributed by atoms with Gasteiger partial charge in [0.05, 0.1) is 29.0 Å². The molecule has 1 N–H and O–H groups in total. The van der Waals surface area contributed by atoms with Crippen molar-refractivity contribution in [2.75, 3.05) is 5.32 Å². The monoisotopic (exact) mass is 381 g/mol. The second-order valence-corrected chi connectivity index (χ2v) is 6.06. The highest BCUT2D eigenvalue weighted by Gasteiger charge is 2.30. The summed E-state index contributed by atoms with van der Waals surface area (Å²) in [5.74, 6) is 0.657. The third-order valence-electron chi connectivity index (χ3n) is 4.17. The van der Waals surface area contributed by atoms with E-state index in [9.17, 15) is 13.2 Å². The van der Waals surface area contributed by atoms with Gasteiger partial charge in [-0.1, -0.05) is 24.3 Å². The number of benzene rings is 1. The van der Waals surface area contributed by atoms with E-state index < -0.39 is 11.7 Å². The van der Waals surface area contributed by atoms with Gasteiger partial charge in [0.15, 0.2) is 0 Å². The van der Waals surface area contributed by atoms with E-state index in [-0.39, 0.29) is 5.69 Å². The molecule has 3 aromatic heterocycles. The van der Waals surface area contributed by atoms with E-state index in [2.05, 4.69) is 25.3 Å². The molecule has 0 bridgehead atoms. The van der Waals surface area contributed by atoms with Crippen LogP contribution < -0.4 is 5.32 Å². The predicted octanol–water partition coefficient (Wildman–Crippen LogP) is 4.72. The molecule has 0 aliphatic heterocycles. The van der Waals surface area contributed by atoms with E-state index in [1.54, 1.807) is 24.4 Å². The van der Waals surface area contributed by atoms with Gasteiger partial charge in [0.2, 0.25) is 0 Å². The Bertz CT molecular complexity index is 1110. The molecular formula is C20H14F3N5. The fraction of sp³-hybridized carbons (Fsp3) is 0.100. The van der Waals surface area contributed by atoms with E-state index >= 15 is 0 Å². The van der Waals surface area contributed by atoms with Gasteiger partial charge in [0, 0.05) is 23.3 Å². The van der Waals surface area contributed by atoms with Crippen molar-refractivity contribution in [1.29, 1.82) is 0 Å². The standard InChI is InChI=1S/C20H14F3N5/c21-20(22,23)14-6-9-25-17(10-14)16-3-1-2-13-4-5-15(28-19(13)16)11-26-18-7-8-24-12-27-18/h1-10,12H,11H2,(H,24,26,27). The van der Waals surface area contributed by atoms with E-state index in [0.29, 0.717) is 23.4 Å². The van der Waals surface area contributed by atoms with Gasteiger partial charge >= 0.3 is 6.18 Å². The predicted molar refractivity (Wildman–Crippen MR) is 99.3 cm³/mol. The molecule has 8 heteroatoms. The first-order valence-corrected chi connectivity index (χ1v) is 8.43. The molecule has 5 nitrogen and oxygen atoms in total. The topological polar surface area (TPSA) is 63.6 Å². The van der Waals surface area contributed by atoms with Gasteiger partial charge in [-0.2, -0.15) is 13.2 Å². The molecule has 0 amide bonds. The van der Waals surface area contributed by atoms with Crippen molar-refractivity contribution in [2.24, 2.45) is 0 Å². The van der Waals surface area contributed by atoms with Crippen molar-refractivity contribution in [1.82, 2.24) is 19.9 Å². The third-order valence-corrected chi connectivity index (χ3v) is 4.17. The number of anilines is 1. The number of pyridine rings is 2. The fourth-order valence-corrected chi connectivity index (χ4v) is 2.82. The van der Waals surface area contributed by atoms with Crippen LogP contribution in [-0.4, -0.2) is 19.9 Å². The minimum absolute atomic E-state index is 0.230. The van der Waals surface area contributed by atoms with Crippen molar-refractivity contribution >= 4 is 16.7 Å². The third kappa shape index (κ3) is 3.75. The Morgan fingerprint density at radius 3 is 2.61 bits per heavy atom. The number of rotatable bonds is 4. The summed E-state index contributed by atoms with van der Waals surface area (Å²) in [6.45, 7) is 0.414. The van der Waals surface area contributed by atoms with Crippen molar-refractivity contribution in [3.63, 3.8) is 0 Å². The number of fused-ring (bicyclic) bond motifs is 1. The first-order valence-electron chi connectivity index (χ1n) is 8.43. The molecule has 1 aromatic carbocycles. The average Bonchev–Trinajstić information content (AvgIpc) is 2.72. The zero-order valence-corrected chi connectivity index (χ0v) is 14.5. The Kier molecular flexibility index (Phi) is 4.60. The lowest BCUT2D eigenvalue weighted by Crippen LogP contribution is -2.05. The lowest BCUT2D eigenvalue weighted by Gasteiger charge is -2.11. The summed E-state index contributed by atoms with van der Waals surface area (Å²) in [6, 6.07) is 12.8. The minimum atomic E-state index is -4.43. The summed E-state index contributed by atoms with van der Waals surface area (Å²) < 4.78 is 39.2. The Morgan fingerprint density at radius 1 is 0.929 bits per heavy atom. The Balaban J connectivity index is 1.71. The van der Waals surface area contributed by atoms with Crippen LogP contribution >= 0.6 is 0 Å². The van der Waals surface area contributed by atoms with Crippen LogP contribution in [0.1, 0.15) is 11.3 Å². The lowest BCUT2D eigenvalue weighted by atomic mass is 10.0. The van der Waals surface area contributed by atoms with Gasteiger partial charge in [0.25, 0.3) is 0 Å². The number of aromatic nitrogens is 4. The van der Waals surface area contributed by atoms with Gasteiger partial charge in [-0.15, -0.1) is 0 Å². The first kappa shape index (κ1) is 17.8. The maximum atomic E-state index is 13.1. The van der Waals surface area contributed by atoms with Crippen molar-refractivity contribution in [3.8, 4) is 11.3 Å². The van der Waals surface area contributed by atoms with E-state index in [4.69, 9.17) is 0 Å². The normalized spacial score (nSPS) is 11.5.